The Morgan fingerprint density at radius 3 is 2.85 bits per heavy atom. The Morgan fingerprint density at radius 1 is 1.38 bits per heavy atom. The monoisotopic (exact) mass is 184 g/mol. The molecule has 3 unspecified atom stereocenters. The summed E-state index contributed by atoms with van der Waals surface area (Å²) in [5.74, 6) is 0.811. The van der Waals surface area contributed by atoms with E-state index in [1.165, 1.54) is 32.1 Å². The summed E-state index contributed by atoms with van der Waals surface area (Å²) in [6, 6.07) is 0. The van der Waals surface area contributed by atoms with Gasteiger partial charge in [-0.05, 0) is 31.6 Å². The third-order valence-electron chi connectivity index (χ3n) is 3.59. The van der Waals surface area contributed by atoms with Crippen LogP contribution in [0.3, 0.4) is 0 Å². The average molecular weight is 184 g/mol. The van der Waals surface area contributed by atoms with Gasteiger partial charge in [0.15, 0.2) is 0 Å². The summed E-state index contributed by atoms with van der Waals surface area (Å²) >= 11 is 0. The van der Waals surface area contributed by atoms with Crippen LogP contribution in [0.25, 0.3) is 0 Å². The molecule has 0 aromatic carbocycles. The van der Waals surface area contributed by atoms with E-state index in [0.717, 1.165) is 12.3 Å². The van der Waals surface area contributed by atoms with Gasteiger partial charge in [0.2, 0.25) is 0 Å². The normalized spacial score (nSPS) is 45.7. The highest BCUT2D eigenvalue weighted by atomic mass is 16.5. The van der Waals surface area contributed by atoms with E-state index in [4.69, 9.17) is 9.84 Å². The van der Waals surface area contributed by atoms with Crippen LogP contribution in [0.5, 0.6) is 0 Å². The quantitative estimate of drug-likeness (QED) is 0.676. The predicted octanol–water partition coefficient (Wildman–Crippen LogP) is 2.11. The molecule has 0 aromatic rings. The number of hydrogen-bond acceptors (Lipinski definition) is 2. The molecule has 2 heteroatoms. The summed E-state index contributed by atoms with van der Waals surface area (Å²) in [5.41, 5.74) is 0.158. The van der Waals surface area contributed by atoms with Gasteiger partial charge in [0.25, 0.3) is 0 Å². The molecule has 13 heavy (non-hydrogen) atoms. The van der Waals surface area contributed by atoms with Crippen LogP contribution in [-0.4, -0.2) is 23.4 Å². The van der Waals surface area contributed by atoms with E-state index in [2.05, 4.69) is 6.92 Å². The first-order valence-corrected chi connectivity index (χ1v) is 5.53. The van der Waals surface area contributed by atoms with E-state index in [1.54, 1.807) is 0 Å². The van der Waals surface area contributed by atoms with Crippen LogP contribution in [0.15, 0.2) is 0 Å². The molecule has 0 bridgehead atoms. The van der Waals surface area contributed by atoms with E-state index < -0.39 is 0 Å². The minimum absolute atomic E-state index is 0.130. The highest BCUT2D eigenvalue weighted by Crippen LogP contribution is 2.43. The maximum absolute atomic E-state index is 9.02. The van der Waals surface area contributed by atoms with E-state index in [1.807, 2.05) is 0 Å². The molecule has 1 heterocycles. The zero-order valence-corrected chi connectivity index (χ0v) is 8.46. The second-order valence-electron chi connectivity index (χ2n) is 4.85. The fraction of sp³-hybridized carbons (Fsp3) is 1.00. The molecule has 0 radical (unpaired) electrons. The fourth-order valence-corrected chi connectivity index (χ4v) is 2.97. The van der Waals surface area contributed by atoms with Crippen LogP contribution < -0.4 is 0 Å². The Balaban J connectivity index is 1.97. The molecule has 0 amide bonds. The molecule has 2 aliphatic rings. The van der Waals surface area contributed by atoms with Crippen molar-refractivity contribution in [3.8, 4) is 0 Å². The van der Waals surface area contributed by atoms with Crippen LogP contribution in [0.4, 0.5) is 0 Å². The van der Waals surface area contributed by atoms with Gasteiger partial charge in [-0.1, -0.05) is 19.8 Å². The minimum Gasteiger partial charge on any atom is -0.394 e. The first kappa shape index (κ1) is 9.47. The van der Waals surface area contributed by atoms with Gasteiger partial charge in [-0.3, -0.25) is 0 Å². The summed E-state index contributed by atoms with van der Waals surface area (Å²) in [6.07, 6.45) is 7.45. The molecule has 1 saturated heterocycles. The lowest BCUT2D eigenvalue weighted by molar-refractivity contribution is -0.0869. The maximum atomic E-state index is 9.02. The first-order chi connectivity index (χ1) is 6.24. The van der Waals surface area contributed by atoms with Crippen LogP contribution in [-0.2, 0) is 4.74 Å². The molecule has 2 rings (SSSR count). The second kappa shape index (κ2) is 3.58. The Kier molecular flexibility index (Phi) is 2.61. The molecule has 3 atom stereocenters. The molecule has 76 valence electrons. The van der Waals surface area contributed by atoms with Crippen molar-refractivity contribution in [1.82, 2.24) is 0 Å². The Bertz CT molecular complexity index is 181. The van der Waals surface area contributed by atoms with Crippen molar-refractivity contribution in [2.75, 3.05) is 6.61 Å². The van der Waals surface area contributed by atoms with E-state index in [0.29, 0.717) is 0 Å². The molecule has 1 aliphatic heterocycles. The van der Waals surface area contributed by atoms with Crippen LogP contribution in [0.2, 0.25) is 0 Å². The Labute approximate surface area is 80.3 Å². The van der Waals surface area contributed by atoms with Crippen molar-refractivity contribution in [2.45, 2.75) is 57.2 Å². The van der Waals surface area contributed by atoms with Crippen molar-refractivity contribution >= 4 is 0 Å². The van der Waals surface area contributed by atoms with Crippen LogP contribution >= 0.6 is 0 Å². The van der Waals surface area contributed by atoms with Crippen molar-refractivity contribution < 1.29 is 9.84 Å². The topological polar surface area (TPSA) is 29.5 Å². The smallest absolute Gasteiger partial charge is 0.0814 e. The third kappa shape index (κ3) is 1.89. The molecule has 1 spiro atoms. The largest absolute Gasteiger partial charge is 0.394 e. The summed E-state index contributed by atoms with van der Waals surface area (Å²) in [7, 11) is 0. The standard InChI is InChI=1S/C11H20O2/c1-9-3-2-5-11(7-9)6-4-10(8-12)13-11/h9-10,12H,2-8H2,1H3. The van der Waals surface area contributed by atoms with Gasteiger partial charge in [-0.25, -0.2) is 0 Å². The van der Waals surface area contributed by atoms with Crippen molar-refractivity contribution in [1.29, 1.82) is 0 Å². The third-order valence-corrected chi connectivity index (χ3v) is 3.59. The lowest BCUT2D eigenvalue weighted by atomic mass is 9.77. The number of aliphatic hydroxyl groups excluding tert-OH is 1. The van der Waals surface area contributed by atoms with Gasteiger partial charge in [0.1, 0.15) is 0 Å². The molecule has 1 saturated carbocycles. The molecule has 0 aromatic heterocycles. The van der Waals surface area contributed by atoms with Crippen molar-refractivity contribution in [3.05, 3.63) is 0 Å². The average Bonchev–Trinajstić information content (AvgIpc) is 2.48. The van der Waals surface area contributed by atoms with Gasteiger partial charge in [0, 0.05) is 0 Å². The van der Waals surface area contributed by atoms with Gasteiger partial charge in [-0.15, -0.1) is 0 Å². The summed E-state index contributed by atoms with van der Waals surface area (Å²) in [6.45, 7) is 2.52. The fourth-order valence-electron chi connectivity index (χ4n) is 2.97. The number of hydrogen-bond donors (Lipinski definition) is 1. The van der Waals surface area contributed by atoms with Gasteiger partial charge in [-0.2, -0.15) is 0 Å². The lowest BCUT2D eigenvalue weighted by Gasteiger charge is -2.36. The molecule has 1 aliphatic carbocycles. The lowest BCUT2D eigenvalue weighted by Crippen LogP contribution is -2.35. The molecule has 1 N–H and O–H groups in total. The maximum Gasteiger partial charge on any atom is 0.0814 e. The molecule has 2 fully saturated rings. The first-order valence-electron chi connectivity index (χ1n) is 5.53. The molecule has 2 nitrogen and oxygen atoms in total. The number of rotatable bonds is 1. The summed E-state index contributed by atoms with van der Waals surface area (Å²) < 4.78 is 5.96. The minimum atomic E-state index is 0.130. The number of ether oxygens (including phenoxy) is 1. The predicted molar refractivity (Wildman–Crippen MR) is 51.6 cm³/mol. The number of aliphatic hydroxyl groups is 1. The van der Waals surface area contributed by atoms with Gasteiger partial charge >= 0.3 is 0 Å². The highest BCUT2D eigenvalue weighted by molar-refractivity contribution is 4.92. The summed E-state index contributed by atoms with van der Waals surface area (Å²) in [5, 5.41) is 9.02. The van der Waals surface area contributed by atoms with Crippen molar-refractivity contribution in [3.63, 3.8) is 0 Å². The summed E-state index contributed by atoms with van der Waals surface area (Å²) in [4.78, 5) is 0. The van der Waals surface area contributed by atoms with Crippen LogP contribution in [0, 0.1) is 5.92 Å². The molecular weight excluding hydrogens is 164 g/mol. The van der Waals surface area contributed by atoms with E-state index >= 15 is 0 Å². The van der Waals surface area contributed by atoms with Gasteiger partial charge < -0.3 is 9.84 Å². The van der Waals surface area contributed by atoms with E-state index in [-0.39, 0.29) is 18.3 Å². The zero-order chi connectivity index (χ0) is 9.31. The van der Waals surface area contributed by atoms with Gasteiger partial charge in [0.05, 0.1) is 18.3 Å². The second-order valence-corrected chi connectivity index (χ2v) is 4.85. The SMILES string of the molecule is CC1CCCC2(CCC(CO)O2)C1. The zero-order valence-electron chi connectivity index (χ0n) is 8.46. The Morgan fingerprint density at radius 2 is 2.23 bits per heavy atom. The van der Waals surface area contributed by atoms with E-state index in [9.17, 15) is 0 Å². The highest BCUT2D eigenvalue weighted by Gasteiger charge is 2.42. The van der Waals surface area contributed by atoms with Crippen LogP contribution in [0.1, 0.15) is 45.4 Å². The van der Waals surface area contributed by atoms with Crippen molar-refractivity contribution in [2.24, 2.45) is 5.92 Å². The Hall–Kier alpha value is -0.0800. The molecular formula is C11H20O2.